The zero-order valence-corrected chi connectivity index (χ0v) is 8.86. The summed E-state index contributed by atoms with van der Waals surface area (Å²) in [6.07, 6.45) is 0. The first-order valence-electron chi connectivity index (χ1n) is 4.64. The van der Waals surface area contributed by atoms with Gasteiger partial charge in [-0.25, -0.2) is 5.84 Å². The van der Waals surface area contributed by atoms with Crippen LogP contribution in [0.2, 0.25) is 0 Å². The number of hydrogen-bond acceptors (Lipinski definition) is 6. The van der Waals surface area contributed by atoms with Crippen LogP contribution in [-0.4, -0.2) is 55.5 Å². The molecule has 1 atom stereocenters. The third-order valence-corrected chi connectivity index (χ3v) is 2.18. The Kier molecular flexibility index (Phi) is 4.35. The average Bonchev–Trinajstić information content (AvgIpc) is 2.23. The number of hydrogen-bond donors (Lipinski definition) is 3. The second-order valence-electron chi connectivity index (χ2n) is 3.36. The summed E-state index contributed by atoms with van der Waals surface area (Å²) in [6.45, 7) is -0.00995. The van der Waals surface area contributed by atoms with Crippen molar-refractivity contribution >= 4 is 17.7 Å². The van der Waals surface area contributed by atoms with Gasteiger partial charge in [0.2, 0.25) is 11.8 Å². The predicted molar refractivity (Wildman–Crippen MR) is 52.7 cm³/mol. The van der Waals surface area contributed by atoms with Crippen LogP contribution in [0.3, 0.4) is 0 Å². The molecule has 0 aliphatic carbocycles. The van der Waals surface area contributed by atoms with E-state index in [1.165, 1.54) is 12.0 Å². The topological polar surface area (TPSA) is 114 Å². The van der Waals surface area contributed by atoms with Crippen LogP contribution < -0.4 is 16.6 Å². The van der Waals surface area contributed by atoms with Crippen LogP contribution in [-0.2, 0) is 19.1 Å². The molecule has 1 aliphatic rings. The van der Waals surface area contributed by atoms with Crippen LogP contribution in [0.15, 0.2) is 0 Å². The molecule has 0 bridgehead atoms. The molecule has 0 aromatic heterocycles. The molecule has 1 rings (SSSR count). The summed E-state index contributed by atoms with van der Waals surface area (Å²) < 4.78 is 4.85. The Morgan fingerprint density at radius 1 is 1.56 bits per heavy atom. The van der Waals surface area contributed by atoms with Gasteiger partial charge in [-0.1, -0.05) is 0 Å². The molecule has 0 aromatic carbocycles. The number of nitrogens with two attached hydrogens (primary N) is 1. The van der Waals surface area contributed by atoms with Crippen LogP contribution in [0.4, 0.5) is 0 Å². The number of imide groups is 1. The molecule has 1 heterocycles. The summed E-state index contributed by atoms with van der Waals surface area (Å²) in [5.41, 5.74) is 1.97. The zero-order valence-electron chi connectivity index (χ0n) is 8.86. The van der Waals surface area contributed by atoms with Crippen molar-refractivity contribution in [2.24, 2.45) is 5.84 Å². The minimum Gasteiger partial charge on any atom is -0.383 e. The maximum Gasteiger partial charge on any atom is 0.253 e. The smallest absolute Gasteiger partial charge is 0.253 e. The number of methoxy groups -OCH3 is 1. The quantitative estimate of drug-likeness (QED) is 0.205. The number of carbonyl (C=O) groups excluding carboxylic acids is 3. The Bertz CT molecular complexity index is 290. The van der Waals surface area contributed by atoms with Crippen molar-refractivity contribution in [2.75, 3.05) is 26.8 Å². The molecule has 4 N–H and O–H groups in total. The highest BCUT2D eigenvalue weighted by Crippen LogP contribution is 2.03. The molecule has 1 aliphatic heterocycles. The van der Waals surface area contributed by atoms with Gasteiger partial charge in [0.05, 0.1) is 19.7 Å². The predicted octanol–water partition coefficient (Wildman–Crippen LogP) is -3.05. The van der Waals surface area contributed by atoms with Gasteiger partial charge >= 0.3 is 0 Å². The largest absolute Gasteiger partial charge is 0.383 e. The van der Waals surface area contributed by atoms with E-state index in [0.29, 0.717) is 0 Å². The minimum atomic E-state index is -0.745. The summed E-state index contributed by atoms with van der Waals surface area (Å²) in [5.74, 6) is 3.63. The molecule has 16 heavy (non-hydrogen) atoms. The number of piperazine rings is 1. The number of amides is 3. The highest BCUT2D eigenvalue weighted by molar-refractivity contribution is 6.00. The van der Waals surface area contributed by atoms with Crippen molar-refractivity contribution in [2.45, 2.75) is 6.04 Å². The molecule has 8 nitrogen and oxygen atoms in total. The summed E-state index contributed by atoms with van der Waals surface area (Å²) in [5, 5.41) is 2.14. The van der Waals surface area contributed by atoms with E-state index in [1.807, 2.05) is 5.43 Å². The first-order chi connectivity index (χ1) is 7.58. The fraction of sp³-hybridized carbons (Fsp3) is 0.625. The standard InChI is InChI=1S/C8H14N4O4/c1-16-4-5(8(15)11-9)12-2-6(13)10-7(14)3-12/h5H,2-4,9H2,1H3,(H,11,15)(H,10,13,14). The molecule has 3 amide bonds. The van der Waals surface area contributed by atoms with Crippen LogP contribution >= 0.6 is 0 Å². The first-order valence-corrected chi connectivity index (χ1v) is 4.64. The van der Waals surface area contributed by atoms with E-state index in [1.54, 1.807) is 0 Å². The lowest BCUT2D eigenvalue weighted by molar-refractivity contribution is -0.140. The summed E-state index contributed by atoms with van der Waals surface area (Å²) >= 11 is 0. The molecule has 90 valence electrons. The third-order valence-electron chi connectivity index (χ3n) is 2.18. The van der Waals surface area contributed by atoms with Gasteiger partial charge in [-0.3, -0.25) is 30.0 Å². The highest BCUT2D eigenvalue weighted by Gasteiger charge is 2.32. The molecular formula is C8H14N4O4. The molecule has 0 aromatic rings. The summed E-state index contributed by atoms with van der Waals surface area (Å²) in [7, 11) is 1.42. The lowest BCUT2D eigenvalue weighted by Gasteiger charge is -2.31. The zero-order chi connectivity index (χ0) is 12.1. The van der Waals surface area contributed by atoms with Gasteiger partial charge in [-0.2, -0.15) is 0 Å². The van der Waals surface area contributed by atoms with E-state index < -0.39 is 23.8 Å². The van der Waals surface area contributed by atoms with Crippen LogP contribution in [0.5, 0.6) is 0 Å². The van der Waals surface area contributed by atoms with Gasteiger partial charge < -0.3 is 4.74 Å². The molecule has 1 unspecified atom stereocenters. The third kappa shape index (κ3) is 2.99. The second-order valence-corrected chi connectivity index (χ2v) is 3.36. The molecule has 0 spiro atoms. The van der Waals surface area contributed by atoms with Gasteiger partial charge in [0.25, 0.3) is 5.91 Å². The van der Waals surface area contributed by atoms with Crippen LogP contribution in [0, 0.1) is 0 Å². The van der Waals surface area contributed by atoms with Gasteiger partial charge in [-0.15, -0.1) is 0 Å². The lowest BCUT2D eigenvalue weighted by Crippen LogP contribution is -2.60. The van der Waals surface area contributed by atoms with E-state index in [-0.39, 0.29) is 19.7 Å². The molecule has 1 saturated heterocycles. The maximum atomic E-state index is 11.4. The van der Waals surface area contributed by atoms with Gasteiger partial charge in [0, 0.05) is 7.11 Å². The lowest BCUT2D eigenvalue weighted by atomic mass is 10.2. The Morgan fingerprint density at radius 2 is 2.12 bits per heavy atom. The molecular weight excluding hydrogens is 216 g/mol. The van der Waals surface area contributed by atoms with Crippen LogP contribution in [0.25, 0.3) is 0 Å². The van der Waals surface area contributed by atoms with Gasteiger partial charge in [0.1, 0.15) is 6.04 Å². The fourth-order valence-corrected chi connectivity index (χ4v) is 1.48. The van der Waals surface area contributed by atoms with E-state index in [4.69, 9.17) is 10.6 Å². The Hall–Kier alpha value is -1.51. The highest BCUT2D eigenvalue weighted by atomic mass is 16.5. The minimum absolute atomic E-state index is 0.0345. The van der Waals surface area contributed by atoms with Gasteiger partial charge in [0.15, 0.2) is 0 Å². The Balaban J connectivity index is 2.73. The SMILES string of the molecule is COCC(C(=O)NN)N1CC(=O)NC(=O)C1. The Labute approximate surface area is 92.1 Å². The van der Waals surface area contributed by atoms with Crippen molar-refractivity contribution in [1.82, 2.24) is 15.6 Å². The fourth-order valence-electron chi connectivity index (χ4n) is 1.48. The monoisotopic (exact) mass is 230 g/mol. The number of ether oxygens (including phenoxy) is 1. The number of nitrogens with one attached hydrogen (secondary N) is 2. The second kappa shape index (κ2) is 5.54. The molecule has 1 fully saturated rings. The summed E-state index contributed by atoms with van der Waals surface area (Å²) in [6, 6.07) is -0.745. The van der Waals surface area contributed by atoms with E-state index in [2.05, 4.69) is 5.32 Å². The normalized spacial score (nSPS) is 19.1. The molecule has 0 saturated carbocycles. The maximum absolute atomic E-state index is 11.4. The van der Waals surface area contributed by atoms with Crippen molar-refractivity contribution in [1.29, 1.82) is 0 Å². The molecule has 0 radical (unpaired) electrons. The number of nitrogens with zero attached hydrogens (tertiary/aromatic N) is 1. The van der Waals surface area contributed by atoms with Crippen molar-refractivity contribution < 1.29 is 19.1 Å². The summed E-state index contributed by atoms with van der Waals surface area (Å²) in [4.78, 5) is 35.1. The molecule has 8 heteroatoms. The first kappa shape index (κ1) is 12.6. The van der Waals surface area contributed by atoms with Crippen molar-refractivity contribution in [3.05, 3.63) is 0 Å². The number of rotatable bonds is 4. The Morgan fingerprint density at radius 3 is 2.56 bits per heavy atom. The van der Waals surface area contributed by atoms with E-state index in [9.17, 15) is 14.4 Å². The van der Waals surface area contributed by atoms with Crippen LogP contribution in [0.1, 0.15) is 0 Å². The van der Waals surface area contributed by atoms with E-state index >= 15 is 0 Å². The van der Waals surface area contributed by atoms with Crippen molar-refractivity contribution in [3.8, 4) is 0 Å². The van der Waals surface area contributed by atoms with Crippen molar-refractivity contribution in [3.63, 3.8) is 0 Å². The number of carbonyl (C=O) groups is 3. The van der Waals surface area contributed by atoms with E-state index in [0.717, 1.165) is 0 Å². The number of hydrazine groups is 1. The van der Waals surface area contributed by atoms with Gasteiger partial charge in [-0.05, 0) is 0 Å². The average molecular weight is 230 g/mol.